The lowest BCUT2D eigenvalue weighted by Gasteiger charge is -2.11. The summed E-state index contributed by atoms with van der Waals surface area (Å²) in [6.45, 7) is 0.285. The first-order valence-corrected chi connectivity index (χ1v) is 8.41. The summed E-state index contributed by atoms with van der Waals surface area (Å²) in [4.78, 5) is 15.3. The average molecular weight is 355 g/mol. The molecular formula is C14H15ClN4O3S. The van der Waals surface area contributed by atoms with Crippen LogP contribution in [0.3, 0.4) is 0 Å². The number of halogens is 1. The van der Waals surface area contributed by atoms with Gasteiger partial charge in [-0.3, -0.25) is 4.79 Å². The Bertz CT molecular complexity index is 840. The molecule has 0 spiro atoms. The molecule has 4 N–H and O–H groups in total. The number of carbonyl (C=O) groups is 1. The van der Waals surface area contributed by atoms with E-state index in [1.165, 1.54) is 31.4 Å². The molecule has 0 unspecified atom stereocenters. The molecule has 23 heavy (non-hydrogen) atoms. The van der Waals surface area contributed by atoms with Crippen LogP contribution in [0.15, 0.2) is 41.4 Å². The van der Waals surface area contributed by atoms with Crippen LogP contribution in [0.1, 0.15) is 15.9 Å². The van der Waals surface area contributed by atoms with Crippen LogP contribution < -0.4 is 15.8 Å². The maximum atomic E-state index is 11.8. The molecule has 7 nitrogen and oxygen atoms in total. The highest BCUT2D eigenvalue weighted by Gasteiger charge is 2.12. The molecule has 1 aromatic carbocycles. The van der Waals surface area contributed by atoms with Crippen molar-refractivity contribution in [1.82, 2.24) is 9.71 Å². The van der Waals surface area contributed by atoms with Crippen LogP contribution in [0.5, 0.6) is 0 Å². The number of primary amides is 1. The van der Waals surface area contributed by atoms with Crippen molar-refractivity contribution in [3.8, 4) is 0 Å². The number of nitrogens with two attached hydrogens (primary N) is 1. The maximum absolute atomic E-state index is 11.8. The quantitative estimate of drug-likeness (QED) is 0.677. The van der Waals surface area contributed by atoms with Crippen molar-refractivity contribution in [2.45, 2.75) is 11.4 Å². The highest BCUT2D eigenvalue weighted by Crippen LogP contribution is 2.20. The van der Waals surface area contributed by atoms with Crippen molar-refractivity contribution in [3.05, 3.63) is 52.8 Å². The molecule has 0 bridgehead atoms. The Kier molecular flexibility index (Phi) is 5.19. The number of aromatic nitrogens is 1. The standard InChI is InChI=1S/C14H15ClN4O3S/c1-17-23(21,22)10-4-2-3-9(5-10)7-18-12-6-13(15)19-8-11(12)14(16)20/h2-6,8,17H,7H2,1H3,(H2,16,20)(H,18,19). The van der Waals surface area contributed by atoms with Crippen LogP contribution in [-0.4, -0.2) is 26.4 Å². The van der Waals surface area contributed by atoms with Gasteiger partial charge in [-0.2, -0.15) is 0 Å². The van der Waals surface area contributed by atoms with Crippen LogP contribution in [0.25, 0.3) is 0 Å². The van der Waals surface area contributed by atoms with Crippen LogP contribution in [0.4, 0.5) is 5.69 Å². The fourth-order valence-corrected chi connectivity index (χ4v) is 2.87. The summed E-state index contributed by atoms with van der Waals surface area (Å²) >= 11 is 5.82. The average Bonchev–Trinajstić information content (AvgIpc) is 2.53. The van der Waals surface area contributed by atoms with Gasteiger partial charge in [0.2, 0.25) is 10.0 Å². The Balaban J connectivity index is 2.24. The Morgan fingerprint density at radius 2 is 2.09 bits per heavy atom. The third-order valence-corrected chi connectivity index (χ3v) is 4.72. The van der Waals surface area contributed by atoms with E-state index in [2.05, 4.69) is 15.0 Å². The highest BCUT2D eigenvalue weighted by molar-refractivity contribution is 7.89. The van der Waals surface area contributed by atoms with Crippen LogP contribution in [0, 0.1) is 0 Å². The Hall–Kier alpha value is -2.16. The second-order valence-corrected chi connectivity index (χ2v) is 6.90. The fraction of sp³-hybridized carbons (Fsp3) is 0.143. The first-order valence-electron chi connectivity index (χ1n) is 6.55. The molecule has 1 heterocycles. The van der Waals surface area contributed by atoms with Crippen molar-refractivity contribution in [2.75, 3.05) is 12.4 Å². The number of hydrogen-bond acceptors (Lipinski definition) is 5. The van der Waals surface area contributed by atoms with Gasteiger partial charge in [0.15, 0.2) is 0 Å². The van der Waals surface area contributed by atoms with Gasteiger partial charge in [-0.15, -0.1) is 0 Å². The number of benzene rings is 1. The van der Waals surface area contributed by atoms with E-state index >= 15 is 0 Å². The van der Waals surface area contributed by atoms with E-state index in [0.29, 0.717) is 11.3 Å². The summed E-state index contributed by atoms with van der Waals surface area (Å²) in [5, 5.41) is 3.22. The van der Waals surface area contributed by atoms with Gasteiger partial charge in [0, 0.05) is 12.7 Å². The predicted octanol–water partition coefficient (Wildman–Crippen LogP) is 1.35. The molecule has 0 saturated carbocycles. The van der Waals surface area contributed by atoms with E-state index in [1.807, 2.05) is 0 Å². The van der Waals surface area contributed by atoms with Gasteiger partial charge < -0.3 is 11.1 Å². The number of rotatable bonds is 6. The van der Waals surface area contributed by atoms with Gasteiger partial charge in [-0.1, -0.05) is 23.7 Å². The Labute approximate surface area is 138 Å². The molecule has 2 aromatic rings. The summed E-state index contributed by atoms with van der Waals surface area (Å²) in [5.41, 5.74) is 6.63. The smallest absolute Gasteiger partial charge is 0.252 e. The van der Waals surface area contributed by atoms with Gasteiger partial charge in [0.05, 0.1) is 16.1 Å². The number of sulfonamides is 1. The Morgan fingerprint density at radius 1 is 1.35 bits per heavy atom. The van der Waals surface area contributed by atoms with Crippen molar-refractivity contribution >= 4 is 33.2 Å². The van der Waals surface area contributed by atoms with E-state index in [-0.39, 0.29) is 22.2 Å². The minimum absolute atomic E-state index is 0.155. The van der Waals surface area contributed by atoms with E-state index in [4.69, 9.17) is 17.3 Å². The molecule has 0 aliphatic heterocycles. The largest absolute Gasteiger partial charge is 0.380 e. The monoisotopic (exact) mass is 354 g/mol. The zero-order valence-electron chi connectivity index (χ0n) is 12.2. The minimum Gasteiger partial charge on any atom is -0.380 e. The van der Waals surface area contributed by atoms with E-state index in [1.54, 1.807) is 12.1 Å². The maximum Gasteiger partial charge on any atom is 0.252 e. The second-order valence-electron chi connectivity index (χ2n) is 4.63. The first kappa shape index (κ1) is 17.2. The van der Waals surface area contributed by atoms with Crippen molar-refractivity contribution in [3.63, 3.8) is 0 Å². The van der Waals surface area contributed by atoms with E-state index in [0.717, 1.165) is 0 Å². The molecule has 0 fully saturated rings. The van der Waals surface area contributed by atoms with Gasteiger partial charge in [0.1, 0.15) is 5.15 Å². The van der Waals surface area contributed by atoms with Gasteiger partial charge in [-0.25, -0.2) is 18.1 Å². The fourth-order valence-electron chi connectivity index (χ4n) is 1.91. The van der Waals surface area contributed by atoms with Gasteiger partial charge in [-0.05, 0) is 30.8 Å². The molecule has 1 amide bonds. The molecule has 9 heteroatoms. The lowest BCUT2D eigenvalue weighted by Crippen LogP contribution is -2.19. The molecule has 0 aliphatic carbocycles. The molecule has 2 rings (SSSR count). The minimum atomic E-state index is -3.51. The number of nitrogens with zero attached hydrogens (tertiary/aromatic N) is 1. The van der Waals surface area contributed by atoms with Gasteiger partial charge >= 0.3 is 0 Å². The first-order chi connectivity index (χ1) is 10.8. The summed E-state index contributed by atoms with van der Waals surface area (Å²) in [6.07, 6.45) is 1.29. The normalized spacial score (nSPS) is 11.2. The SMILES string of the molecule is CNS(=O)(=O)c1cccc(CNc2cc(Cl)ncc2C(N)=O)c1. The molecule has 0 aliphatic rings. The second kappa shape index (κ2) is 6.95. The molecule has 0 atom stereocenters. The van der Waals surface area contributed by atoms with E-state index in [9.17, 15) is 13.2 Å². The number of anilines is 1. The zero-order chi connectivity index (χ0) is 17.0. The number of amides is 1. The molecule has 0 saturated heterocycles. The van der Waals surface area contributed by atoms with E-state index < -0.39 is 15.9 Å². The van der Waals surface area contributed by atoms with Crippen molar-refractivity contribution in [2.24, 2.45) is 5.73 Å². The van der Waals surface area contributed by atoms with Crippen LogP contribution >= 0.6 is 11.6 Å². The molecular weight excluding hydrogens is 340 g/mol. The summed E-state index contributed by atoms with van der Waals surface area (Å²) in [7, 11) is -2.17. The number of nitrogens with one attached hydrogen (secondary N) is 2. The van der Waals surface area contributed by atoms with Crippen LogP contribution in [0.2, 0.25) is 5.15 Å². The third kappa shape index (κ3) is 4.19. The molecule has 0 radical (unpaired) electrons. The molecule has 1 aromatic heterocycles. The number of hydrogen-bond donors (Lipinski definition) is 3. The van der Waals surface area contributed by atoms with Crippen LogP contribution in [-0.2, 0) is 16.6 Å². The topological polar surface area (TPSA) is 114 Å². The van der Waals surface area contributed by atoms with Crippen molar-refractivity contribution < 1.29 is 13.2 Å². The van der Waals surface area contributed by atoms with Gasteiger partial charge in [0.25, 0.3) is 5.91 Å². The number of pyridine rings is 1. The molecule has 122 valence electrons. The highest BCUT2D eigenvalue weighted by atomic mass is 35.5. The summed E-state index contributed by atoms with van der Waals surface area (Å²) in [6, 6.07) is 7.90. The zero-order valence-corrected chi connectivity index (χ0v) is 13.8. The Morgan fingerprint density at radius 3 is 2.74 bits per heavy atom. The lowest BCUT2D eigenvalue weighted by atomic mass is 10.2. The lowest BCUT2D eigenvalue weighted by molar-refractivity contribution is 0.100. The predicted molar refractivity (Wildman–Crippen MR) is 87.8 cm³/mol. The van der Waals surface area contributed by atoms with Crippen molar-refractivity contribution in [1.29, 1.82) is 0 Å². The third-order valence-electron chi connectivity index (χ3n) is 3.10. The summed E-state index contributed by atoms with van der Waals surface area (Å²) < 4.78 is 25.8. The number of carbonyl (C=O) groups excluding carboxylic acids is 1. The summed E-state index contributed by atoms with van der Waals surface area (Å²) in [5.74, 6) is -0.636.